The number of benzene rings is 1. The first kappa shape index (κ1) is 29.2. The van der Waals surface area contributed by atoms with E-state index in [0.717, 1.165) is 15.4 Å². The van der Waals surface area contributed by atoms with Crippen LogP contribution in [0.3, 0.4) is 0 Å². The zero-order valence-corrected chi connectivity index (χ0v) is 23.1. The Morgan fingerprint density at radius 3 is 1.69 bits per heavy atom. The van der Waals surface area contributed by atoms with E-state index in [1.807, 2.05) is 0 Å². The molecule has 2 heteroatoms. The number of hydrogen-bond donors (Lipinski definition) is 0. The van der Waals surface area contributed by atoms with Crippen molar-refractivity contribution in [3.63, 3.8) is 0 Å². The van der Waals surface area contributed by atoms with Gasteiger partial charge in [0.25, 0.3) is 0 Å². The Balaban J connectivity index is 2.67. The summed E-state index contributed by atoms with van der Waals surface area (Å²) in [5.74, 6) is 0. The molecule has 0 spiro atoms. The Bertz CT molecular complexity index is 603. The average molecular weight is 447 g/mol. The lowest BCUT2D eigenvalue weighted by Gasteiger charge is -2.34. The van der Waals surface area contributed by atoms with Crippen LogP contribution in [0.2, 0.25) is 0 Å². The van der Waals surface area contributed by atoms with Crippen LogP contribution >= 0.6 is 0 Å². The summed E-state index contributed by atoms with van der Waals surface area (Å²) >= 11 is 0. The predicted molar refractivity (Wildman–Crippen MR) is 147 cm³/mol. The molecule has 186 valence electrons. The van der Waals surface area contributed by atoms with Gasteiger partial charge in [-0.2, -0.15) is 0 Å². The van der Waals surface area contributed by atoms with Crippen molar-refractivity contribution in [1.29, 1.82) is 0 Å². The Labute approximate surface area is 202 Å². The monoisotopic (exact) mass is 446 g/mol. The van der Waals surface area contributed by atoms with Crippen molar-refractivity contribution in [3.05, 3.63) is 29.3 Å². The van der Waals surface area contributed by atoms with Gasteiger partial charge in [-0.15, -0.1) is 0 Å². The van der Waals surface area contributed by atoms with Gasteiger partial charge in [0.2, 0.25) is 0 Å². The Hall–Kier alpha value is -0.860. The van der Waals surface area contributed by atoms with Crippen molar-refractivity contribution >= 4 is 5.69 Å². The van der Waals surface area contributed by atoms with Crippen LogP contribution < -0.4 is 4.48 Å². The van der Waals surface area contributed by atoms with Crippen LogP contribution in [0.4, 0.5) is 5.69 Å². The highest BCUT2D eigenvalue weighted by molar-refractivity contribution is 5.52. The normalized spacial score (nSPS) is 12.5. The van der Waals surface area contributed by atoms with E-state index in [2.05, 4.69) is 67.2 Å². The lowest BCUT2D eigenvalue weighted by atomic mass is 10.0. The number of quaternary nitrogens is 2. The second kappa shape index (κ2) is 15.9. The molecule has 0 amide bonds. The molecule has 0 saturated carbocycles. The van der Waals surface area contributed by atoms with E-state index < -0.39 is 0 Å². The van der Waals surface area contributed by atoms with Gasteiger partial charge in [0.15, 0.2) is 0 Å². The molecule has 2 nitrogen and oxygen atoms in total. The number of unbranched alkanes of at least 4 members (excludes halogenated alkanes) is 10. The molecule has 0 unspecified atom stereocenters. The minimum atomic E-state index is 1.03. The molecule has 0 bridgehead atoms. The molecule has 1 aromatic carbocycles. The second-order valence-corrected chi connectivity index (χ2v) is 11.4. The Morgan fingerprint density at radius 2 is 1.12 bits per heavy atom. The third-order valence-electron chi connectivity index (χ3n) is 7.38. The number of aryl methyl sites for hydroxylation is 1. The summed E-state index contributed by atoms with van der Waals surface area (Å²) in [6.07, 6.45) is 18.9. The summed E-state index contributed by atoms with van der Waals surface area (Å²) in [4.78, 5) is 0. The van der Waals surface area contributed by atoms with Gasteiger partial charge < -0.3 is 4.48 Å². The molecule has 0 aliphatic heterocycles. The van der Waals surface area contributed by atoms with Crippen LogP contribution in [0, 0.1) is 0 Å². The fourth-order valence-electron chi connectivity index (χ4n) is 4.87. The lowest BCUT2D eigenvalue weighted by Crippen LogP contribution is -2.44. The van der Waals surface area contributed by atoms with Crippen LogP contribution in [0.1, 0.15) is 109 Å². The quantitative estimate of drug-likeness (QED) is 0.148. The van der Waals surface area contributed by atoms with Gasteiger partial charge in [-0.3, -0.25) is 4.48 Å². The first-order valence-corrected chi connectivity index (χ1v) is 14.0. The summed E-state index contributed by atoms with van der Waals surface area (Å²) in [6.45, 7) is 10.7. The molecule has 1 aromatic rings. The van der Waals surface area contributed by atoms with Gasteiger partial charge >= 0.3 is 0 Å². The zero-order chi connectivity index (χ0) is 23.9. The van der Waals surface area contributed by atoms with E-state index in [4.69, 9.17) is 0 Å². The first-order valence-electron chi connectivity index (χ1n) is 14.0. The minimum Gasteiger partial charge on any atom is -0.328 e. The van der Waals surface area contributed by atoms with E-state index in [1.54, 1.807) is 11.3 Å². The fourth-order valence-corrected chi connectivity index (χ4v) is 4.87. The molecule has 32 heavy (non-hydrogen) atoms. The van der Waals surface area contributed by atoms with Crippen molar-refractivity contribution < 1.29 is 4.48 Å². The topological polar surface area (TPSA) is 0 Å². The van der Waals surface area contributed by atoms with Crippen molar-refractivity contribution in [2.45, 2.75) is 111 Å². The molecule has 0 fully saturated rings. The fraction of sp³-hybridized carbons (Fsp3) is 0.800. The highest BCUT2D eigenvalue weighted by Gasteiger charge is 2.24. The van der Waals surface area contributed by atoms with Gasteiger partial charge in [0.1, 0.15) is 5.69 Å². The zero-order valence-electron chi connectivity index (χ0n) is 23.1. The molecule has 1 rings (SSSR count). The summed E-state index contributed by atoms with van der Waals surface area (Å²) in [5, 5.41) is 0. The molecule has 0 aromatic heterocycles. The number of likely N-dealkylation sites (N-methyl/N-ethyl adjacent to an activating group) is 1. The average Bonchev–Trinajstić information content (AvgIpc) is 2.77. The largest absolute Gasteiger partial charge is 0.328 e. The van der Waals surface area contributed by atoms with Crippen molar-refractivity contribution in [1.82, 2.24) is 4.48 Å². The number of rotatable bonds is 19. The Morgan fingerprint density at radius 1 is 0.594 bits per heavy atom. The van der Waals surface area contributed by atoms with Crippen LogP contribution in [-0.2, 0) is 12.8 Å². The third-order valence-corrected chi connectivity index (χ3v) is 7.38. The molecular weight excluding hydrogens is 388 g/mol. The Kier molecular flexibility index (Phi) is 14.5. The number of hydrogen-bond acceptors (Lipinski definition) is 0. The maximum Gasteiger partial charge on any atom is 0.136 e. The molecule has 0 saturated heterocycles. The molecule has 0 radical (unpaired) electrons. The molecule has 0 heterocycles. The van der Waals surface area contributed by atoms with E-state index in [-0.39, 0.29) is 0 Å². The third kappa shape index (κ3) is 11.8. The molecule has 0 N–H and O–H groups in total. The summed E-state index contributed by atoms with van der Waals surface area (Å²) in [6, 6.07) is 7.33. The maximum atomic E-state index is 2.51. The smallest absolute Gasteiger partial charge is 0.136 e. The van der Waals surface area contributed by atoms with Gasteiger partial charge in [-0.1, -0.05) is 84.3 Å². The van der Waals surface area contributed by atoms with Gasteiger partial charge in [0, 0.05) is 18.1 Å². The first-order chi connectivity index (χ1) is 15.3. The van der Waals surface area contributed by atoms with Gasteiger partial charge in [0.05, 0.1) is 47.8 Å². The van der Waals surface area contributed by atoms with Gasteiger partial charge in [-0.05, 0) is 37.7 Å². The SMILES string of the molecule is CCCCCCCC[N+](C)(C)CCc1ccc(CC)cc1[N+](C)(C)CCCCCCCC. The van der Waals surface area contributed by atoms with E-state index in [1.165, 1.54) is 109 Å². The van der Waals surface area contributed by atoms with Crippen molar-refractivity contribution in [2.75, 3.05) is 47.8 Å². The summed E-state index contributed by atoms with van der Waals surface area (Å²) in [7, 11) is 9.73. The predicted octanol–water partition coefficient (Wildman–Crippen LogP) is 8.16. The highest BCUT2D eigenvalue weighted by Crippen LogP contribution is 2.28. The van der Waals surface area contributed by atoms with Crippen LogP contribution in [0.25, 0.3) is 0 Å². The van der Waals surface area contributed by atoms with E-state index in [9.17, 15) is 0 Å². The standard InChI is InChI=1S/C30H58N2/c1-8-11-13-15-17-19-24-31(4,5)26-23-29-22-21-28(10-3)27-30(29)32(6,7)25-20-18-16-14-12-9-2/h21-22,27H,8-20,23-26H2,1-7H3/q+2. The highest BCUT2D eigenvalue weighted by atomic mass is 15.3. The van der Waals surface area contributed by atoms with E-state index >= 15 is 0 Å². The molecule has 0 aliphatic carbocycles. The molecule has 0 atom stereocenters. The lowest BCUT2D eigenvalue weighted by molar-refractivity contribution is -0.890. The summed E-state index contributed by atoms with van der Waals surface area (Å²) < 4.78 is 2.18. The van der Waals surface area contributed by atoms with Crippen LogP contribution in [0.5, 0.6) is 0 Å². The van der Waals surface area contributed by atoms with Crippen LogP contribution in [-0.4, -0.2) is 52.3 Å². The van der Waals surface area contributed by atoms with E-state index in [0.29, 0.717) is 0 Å². The molecule has 0 aliphatic rings. The second-order valence-electron chi connectivity index (χ2n) is 11.4. The minimum absolute atomic E-state index is 1.03. The number of nitrogens with zero attached hydrogens (tertiary/aromatic N) is 2. The van der Waals surface area contributed by atoms with Crippen LogP contribution in [0.15, 0.2) is 18.2 Å². The molecular formula is C30H58N2+2. The summed E-state index contributed by atoms with van der Waals surface area (Å²) in [5.41, 5.74) is 4.63. The van der Waals surface area contributed by atoms with Gasteiger partial charge in [-0.25, -0.2) is 0 Å². The maximum absolute atomic E-state index is 2.51. The van der Waals surface area contributed by atoms with Crippen molar-refractivity contribution in [2.24, 2.45) is 0 Å². The van der Waals surface area contributed by atoms with Crippen molar-refractivity contribution in [3.8, 4) is 0 Å².